The molecule has 0 heterocycles. The molecule has 1 atom stereocenters. The third-order valence-electron chi connectivity index (χ3n) is 1.66. The Labute approximate surface area is 71.0 Å². The zero-order valence-electron chi connectivity index (χ0n) is 8.22. The first-order valence-electron chi connectivity index (χ1n) is 4.36. The Bertz CT molecular complexity index is 140. The summed E-state index contributed by atoms with van der Waals surface area (Å²) in [6.07, 6.45) is 5.49. The van der Waals surface area contributed by atoms with Crippen LogP contribution in [0.1, 0.15) is 34.1 Å². The van der Waals surface area contributed by atoms with Crippen molar-refractivity contribution in [3.8, 4) is 0 Å². The van der Waals surface area contributed by atoms with Crippen LogP contribution in [0.4, 0.5) is 0 Å². The van der Waals surface area contributed by atoms with Crippen molar-refractivity contribution in [2.45, 2.75) is 34.1 Å². The molecule has 0 aromatic carbocycles. The Morgan fingerprint density at radius 3 is 2.27 bits per heavy atom. The lowest BCUT2D eigenvalue weighted by Crippen LogP contribution is -1.91. The number of hydrogen-bond acceptors (Lipinski definition) is 0. The Morgan fingerprint density at radius 1 is 1.36 bits per heavy atom. The lowest BCUT2D eigenvalue weighted by atomic mass is 10.00. The molecule has 0 radical (unpaired) electrons. The van der Waals surface area contributed by atoms with Crippen LogP contribution in [0, 0.1) is 11.8 Å². The molecule has 0 aliphatic rings. The maximum absolute atomic E-state index is 3.77. The summed E-state index contributed by atoms with van der Waals surface area (Å²) < 4.78 is 0. The molecule has 0 aromatic heterocycles. The third-order valence-corrected chi connectivity index (χ3v) is 1.66. The Balaban J connectivity index is 3.85. The van der Waals surface area contributed by atoms with E-state index in [1.165, 1.54) is 5.57 Å². The fraction of sp³-hybridized carbons (Fsp3) is 0.636. The van der Waals surface area contributed by atoms with E-state index in [9.17, 15) is 0 Å². The van der Waals surface area contributed by atoms with Gasteiger partial charge in [0.05, 0.1) is 0 Å². The first kappa shape index (κ1) is 10.5. The van der Waals surface area contributed by atoms with Crippen molar-refractivity contribution in [3.63, 3.8) is 0 Å². The van der Waals surface area contributed by atoms with Gasteiger partial charge in [-0.3, -0.25) is 0 Å². The fourth-order valence-corrected chi connectivity index (χ4v) is 1.23. The molecule has 11 heavy (non-hydrogen) atoms. The maximum atomic E-state index is 3.77. The molecule has 0 spiro atoms. The minimum atomic E-state index is 0.616. The summed E-state index contributed by atoms with van der Waals surface area (Å²) in [6, 6.07) is 0. The molecule has 0 aromatic rings. The van der Waals surface area contributed by atoms with Gasteiger partial charge in [-0.1, -0.05) is 38.5 Å². The monoisotopic (exact) mass is 152 g/mol. The highest BCUT2D eigenvalue weighted by Crippen LogP contribution is 2.13. The zero-order valence-corrected chi connectivity index (χ0v) is 8.22. The Hall–Kier alpha value is -0.520. The summed E-state index contributed by atoms with van der Waals surface area (Å²) in [5, 5.41) is 0. The SMILES string of the molecule is C=CC(C)C/C(C)=C/C(C)C. The van der Waals surface area contributed by atoms with Gasteiger partial charge in [0, 0.05) is 0 Å². The smallest absolute Gasteiger partial charge is 0.0227 e. The summed E-state index contributed by atoms with van der Waals surface area (Å²) in [6.45, 7) is 12.6. The molecule has 0 aliphatic carbocycles. The largest absolute Gasteiger partial charge is 0.103 e. The first-order chi connectivity index (χ1) is 5.06. The van der Waals surface area contributed by atoms with E-state index in [2.05, 4.69) is 40.3 Å². The van der Waals surface area contributed by atoms with Crippen molar-refractivity contribution < 1.29 is 0 Å². The predicted molar refractivity (Wildman–Crippen MR) is 52.6 cm³/mol. The number of allylic oxidation sites excluding steroid dienone is 3. The molecule has 0 fully saturated rings. The van der Waals surface area contributed by atoms with Gasteiger partial charge in [0.2, 0.25) is 0 Å². The molecule has 0 N–H and O–H groups in total. The van der Waals surface area contributed by atoms with Gasteiger partial charge in [-0.15, -0.1) is 6.58 Å². The fourth-order valence-electron chi connectivity index (χ4n) is 1.23. The van der Waals surface area contributed by atoms with Crippen LogP contribution in [0.3, 0.4) is 0 Å². The molecular formula is C11H20. The lowest BCUT2D eigenvalue weighted by Gasteiger charge is -2.06. The molecule has 0 amide bonds. The van der Waals surface area contributed by atoms with Crippen molar-refractivity contribution in [2.75, 3.05) is 0 Å². The Morgan fingerprint density at radius 2 is 1.91 bits per heavy atom. The highest BCUT2D eigenvalue weighted by atomic mass is 14.0. The van der Waals surface area contributed by atoms with Gasteiger partial charge >= 0.3 is 0 Å². The normalized spacial score (nSPS) is 15.2. The molecule has 0 bridgehead atoms. The first-order valence-corrected chi connectivity index (χ1v) is 4.36. The van der Waals surface area contributed by atoms with E-state index in [4.69, 9.17) is 0 Å². The second-order valence-corrected chi connectivity index (χ2v) is 3.67. The van der Waals surface area contributed by atoms with Gasteiger partial charge in [0.1, 0.15) is 0 Å². The van der Waals surface area contributed by atoms with Gasteiger partial charge in [-0.25, -0.2) is 0 Å². The maximum Gasteiger partial charge on any atom is -0.0227 e. The van der Waals surface area contributed by atoms with Crippen molar-refractivity contribution in [3.05, 3.63) is 24.3 Å². The van der Waals surface area contributed by atoms with E-state index in [0.29, 0.717) is 11.8 Å². The minimum Gasteiger partial charge on any atom is -0.103 e. The second kappa shape index (κ2) is 5.17. The van der Waals surface area contributed by atoms with Crippen LogP contribution in [0.15, 0.2) is 24.3 Å². The van der Waals surface area contributed by atoms with Crippen LogP contribution in [0.2, 0.25) is 0 Å². The summed E-state index contributed by atoms with van der Waals surface area (Å²) in [5.41, 5.74) is 1.48. The molecule has 0 heteroatoms. The third kappa shape index (κ3) is 5.90. The molecule has 0 rings (SSSR count). The number of rotatable bonds is 4. The number of hydrogen-bond donors (Lipinski definition) is 0. The zero-order chi connectivity index (χ0) is 8.85. The Kier molecular flexibility index (Phi) is 4.93. The van der Waals surface area contributed by atoms with Crippen molar-refractivity contribution >= 4 is 0 Å². The molecule has 1 unspecified atom stereocenters. The summed E-state index contributed by atoms with van der Waals surface area (Å²) >= 11 is 0. The van der Waals surface area contributed by atoms with E-state index in [0.717, 1.165) is 6.42 Å². The van der Waals surface area contributed by atoms with Gasteiger partial charge in [-0.2, -0.15) is 0 Å². The van der Waals surface area contributed by atoms with Crippen LogP contribution < -0.4 is 0 Å². The molecule has 64 valence electrons. The van der Waals surface area contributed by atoms with E-state index >= 15 is 0 Å². The average Bonchev–Trinajstić information content (AvgIpc) is 1.85. The van der Waals surface area contributed by atoms with Gasteiger partial charge in [0.15, 0.2) is 0 Å². The van der Waals surface area contributed by atoms with Crippen molar-refractivity contribution in [2.24, 2.45) is 11.8 Å². The van der Waals surface area contributed by atoms with Crippen molar-refractivity contribution in [1.29, 1.82) is 0 Å². The second-order valence-electron chi connectivity index (χ2n) is 3.67. The van der Waals surface area contributed by atoms with Gasteiger partial charge < -0.3 is 0 Å². The highest BCUT2D eigenvalue weighted by molar-refractivity contribution is 5.02. The molecule has 0 nitrogen and oxygen atoms in total. The van der Waals surface area contributed by atoms with E-state index in [-0.39, 0.29) is 0 Å². The summed E-state index contributed by atoms with van der Waals surface area (Å²) in [4.78, 5) is 0. The van der Waals surface area contributed by atoms with Gasteiger partial charge in [-0.05, 0) is 25.2 Å². The highest BCUT2D eigenvalue weighted by Gasteiger charge is 1.97. The quantitative estimate of drug-likeness (QED) is 0.537. The molecular weight excluding hydrogens is 132 g/mol. The van der Waals surface area contributed by atoms with E-state index in [1.54, 1.807) is 0 Å². The standard InChI is InChI=1S/C11H20/c1-6-10(4)8-11(5)7-9(2)3/h6-7,9-10H,1,8H2,2-5H3/b11-7+. The molecule has 0 saturated heterocycles. The van der Waals surface area contributed by atoms with Crippen molar-refractivity contribution in [1.82, 2.24) is 0 Å². The molecule has 0 aliphatic heterocycles. The van der Waals surface area contributed by atoms with Crippen LogP contribution in [0.5, 0.6) is 0 Å². The topological polar surface area (TPSA) is 0 Å². The average molecular weight is 152 g/mol. The lowest BCUT2D eigenvalue weighted by molar-refractivity contribution is 0.703. The van der Waals surface area contributed by atoms with Crippen LogP contribution in [-0.2, 0) is 0 Å². The summed E-state index contributed by atoms with van der Waals surface area (Å²) in [7, 11) is 0. The van der Waals surface area contributed by atoms with Crippen LogP contribution >= 0.6 is 0 Å². The predicted octanol–water partition coefficient (Wildman–Crippen LogP) is 3.80. The van der Waals surface area contributed by atoms with E-state index in [1.807, 2.05) is 6.08 Å². The summed E-state index contributed by atoms with van der Waals surface area (Å²) in [5.74, 6) is 1.29. The van der Waals surface area contributed by atoms with Crippen LogP contribution in [-0.4, -0.2) is 0 Å². The molecule has 0 saturated carbocycles. The van der Waals surface area contributed by atoms with E-state index < -0.39 is 0 Å². The minimum absolute atomic E-state index is 0.616. The van der Waals surface area contributed by atoms with Gasteiger partial charge in [0.25, 0.3) is 0 Å². The van der Waals surface area contributed by atoms with Crippen LogP contribution in [0.25, 0.3) is 0 Å².